The number of nitrogens with zero attached hydrogens (tertiary/aromatic N) is 1. The van der Waals surface area contributed by atoms with E-state index in [-0.39, 0.29) is 16.6 Å². The van der Waals surface area contributed by atoms with Crippen LogP contribution in [-0.4, -0.2) is 12.5 Å². The van der Waals surface area contributed by atoms with E-state index in [1.165, 1.54) is 6.07 Å². The molecule has 0 aliphatic rings. The maximum atomic E-state index is 13.4. The molecule has 0 N–H and O–H groups in total. The zero-order valence-corrected chi connectivity index (χ0v) is 9.17. The van der Waals surface area contributed by atoms with Crippen LogP contribution in [0.4, 0.5) is 14.6 Å². The molecule has 0 saturated heterocycles. The minimum atomic E-state index is -0.827. The molecule has 1 aromatic rings. The summed E-state index contributed by atoms with van der Waals surface area (Å²) in [5, 5.41) is -0.131. The number of rotatable bonds is 4. The molecule has 0 unspecified atom stereocenters. The van der Waals surface area contributed by atoms with Gasteiger partial charge in [-0.05, 0) is 18.6 Å². The van der Waals surface area contributed by atoms with Gasteiger partial charge in [0.1, 0.15) is 17.3 Å². The molecule has 0 radical (unpaired) electrons. The number of carbonyl (C=O) groups is 1. The van der Waals surface area contributed by atoms with Gasteiger partial charge < -0.3 is 4.74 Å². The minimum absolute atomic E-state index is 0.131. The van der Waals surface area contributed by atoms with Crippen LogP contribution in [0.3, 0.4) is 0 Å². The first kappa shape index (κ1) is 12.4. The van der Waals surface area contributed by atoms with Crippen LogP contribution in [0, 0.1) is 5.82 Å². The highest BCUT2D eigenvalue weighted by Crippen LogP contribution is 2.29. The van der Waals surface area contributed by atoms with E-state index in [0.717, 1.165) is 25.5 Å². The molecule has 0 heterocycles. The summed E-state index contributed by atoms with van der Waals surface area (Å²) in [6.45, 7) is 3.32. The number of hydrogen-bond donors (Lipinski definition) is 0. The Bertz CT molecular complexity index is 382. The Morgan fingerprint density at radius 3 is 2.75 bits per heavy atom. The molecule has 0 saturated carbocycles. The zero-order valence-electron chi connectivity index (χ0n) is 9.17. The molecular weight excluding hydrogens is 216 g/mol. The summed E-state index contributed by atoms with van der Waals surface area (Å²) < 4.78 is 31.5. The van der Waals surface area contributed by atoms with Gasteiger partial charge in [0.05, 0.1) is 6.61 Å². The first-order valence-electron chi connectivity index (χ1n) is 4.95. The molecule has 0 spiro atoms. The predicted octanol–water partition coefficient (Wildman–Crippen LogP) is 2.85. The van der Waals surface area contributed by atoms with E-state index in [1.807, 2.05) is 6.92 Å². The first-order valence-corrected chi connectivity index (χ1v) is 4.95. The van der Waals surface area contributed by atoms with Crippen LogP contribution in [0.5, 0.6) is 5.75 Å². The van der Waals surface area contributed by atoms with E-state index < -0.39 is 11.7 Å². The lowest BCUT2D eigenvalue weighted by Crippen LogP contribution is -2.19. The van der Waals surface area contributed by atoms with Gasteiger partial charge in [-0.25, -0.2) is 4.39 Å². The molecular formula is C11H13F2NO2. The standard InChI is InChI=1S/C11H13F2NO2/c1-3-6-16-11-5-4-9(12)7-10(11)14(13)8(2)15/h4-5,7H,3,6H2,1-2H3. The number of hydrogen-bond acceptors (Lipinski definition) is 2. The Labute approximate surface area is 92.6 Å². The summed E-state index contributed by atoms with van der Waals surface area (Å²) in [6, 6.07) is 3.38. The van der Waals surface area contributed by atoms with E-state index in [9.17, 15) is 13.7 Å². The molecule has 0 aliphatic carbocycles. The van der Waals surface area contributed by atoms with Gasteiger partial charge in [0.25, 0.3) is 5.91 Å². The number of anilines is 1. The van der Waals surface area contributed by atoms with Crippen molar-refractivity contribution in [2.45, 2.75) is 20.3 Å². The van der Waals surface area contributed by atoms with E-state index >= 15 is 0 Å². The SMILES string of the molecule is CCCOc1ccc(F)cc1N(F)C(C)=O. The summed E-state index contributed by atoms with van der Waals surface area (Å²) in [7, 11) is 0. The summed E-state index contributed by atoms with van der Waals surface area (Å²) in [4.78, 5) is 10.9. The van der Waals surface area contributed by atoms with Crippen molar-refractivity contribution in [2.75, 3.05) is 11.7 Å². The van der Waals surface area contributed by atoms with Crippen LogP contribution in [0.25, 0.3) is 0 Å². The molecule has 0 aliphatic heterocycles. The van der Waals surface area contributed by atoms with Crippen molar-refractivity contribution in [3.8, 4) is 5.75 Å². The Kier molecular flexibility index (Phi) is 4.22. The predicted molar refractivity (Wildman–Crippen MR) is 56.5 cm³/mol. The third-order valence-electron chi connectivity index (χ3n) is 1.87. The maximum Gasteiger partial charge on any atom is 0.252 e. The third kappa shape index (κ3) is 2.92. The monoisotopic (exact) mass is 229 g/mol. The highest BCUT2D eigenvalue weighted by molar-refractivity contribution is 5.90. The van der Waals surface area contributed by atoms with Gasteiger partial charge in [-0.1, -0.05) is 11.4 Å². The second-order valence-corrected chi connectivity index (χ2v) is 3.26. The number of ether oxygens (including phenoxy) is 1. The second kappa shape index (κ2) is 5.44. The van der Waals surface area contributed by atoms with Crippen molar-refractivity contribution in [3.63, 3.8) is 0 Å². The van der Waals surface area contributed by atoms with Crippen molar-refractivity contribution in [3.05, 3.63) is 24.0 Å². The molecule has 1 amide bonds. The Balaban J connectivity index is 3.02. The number of benzene rings is 1. The first-order chi connectivity index (χ1) is 7.56. The average Bonchev–Trinajstić information content (AvgIpc) is 2.26. The molecule has 0 aromatic heterocycles. The molecule has 0 bridgehead atoms. The Hall–Kier alpha value is -1.65. The van der Waals surface area contributed by atoms with Crippen LogP contribution in [0.2, 0.25) is 0 Å². The maximum absolute atomic E-state index is 13.4. The van der Waals surface area contributed by atoms with Crippen LogP contribution < -0.4 is 9.86 Å². The fourth-order valence-corrected chi connectivity index (χ4v) is 1.15. The summed E-state index contributed by atoms with van der Waals surface area (Å²) in [5.74, 6) is -1.30. The summed E-state index contributed by atoms with van der Waals surface area (Å²) >= 11 is 0. The Morgan fingerprint density at radius 2 is 2.19 bits per heavy atom. The lowest BCUT2D eigenvalue weighted by molar-refractivity contribution is -0.119. The van der Waals surface area contributed by atoms with Crippen LogP contribution in [-0.2, 0) is 4.79 Å². The number of amides is 1. The van der Waals surface area contributed by atoms with Gasteiger partial charge in [-0.2, -0.15) is 0 Å². The lowest BCUT2D eigenvalue weighted by atomic mass is 10.2. The van der Waals surface area contributed by atoms with E-state index in [2.05, 4.69) is 0 Å². The van der Waals surface area contributed by atoms with E-state index in [4.69, 9.17) is 4.74 Å². The van der Waals surface area contributed by atoms with Crippen LogP contribution >= 0.6 is 0 Å². The van der Waals surface area contributed by atoms with Crippen molar-refractivity contribution < 1.29 is 18.4 Å². The van der Waals surface area contributed by atoms with E-state index in [1.54, 1.807) is 0 Å². The highest BCUT2D eigenvalue weighted by atomic mass is 19.2. The molecule has 88 valence electrons. The van der Waals surface area contributed by atoms with Gasteiger partial charge >= 0.3 is 0 Å². The number of halogens is 2. The van der Waals surface area contributed by atoms with Crippen molar-refractivity contribution in [2.24, 2.45) is 0 Å². The largest absolute Gasteiger partial charge is 0.491 e. The third-order valence-corrected chi connectivity index (χ3v) is 1.87. The van der Waals surface area contributed by atoms with Gasteiger partial charge in [-0.15, -0.1) is 5.12 Å². The van der Waals surface area contributed by atoms with Gasteiger partial charge in [-0.3, -0.25) is 4.79 Å². The quantitative estimate of drug-likeness (QED) is 0.743. The van der Waals surface area contributed by atoms with Crippen molar-refractivity contribution in [1.82, 2.24) is 0 Å². The highest BCUT2D eigenvalue weighted by Gasteiger charge is 2.16. The van der Waals surface area contributed by atoms with Gasteiger partial charge in [0.2, 0.25) is 0 Å². The minimum Gasteiger partial charge on any atom is -0.491 e. The van der Waals surface area contributed by atoms with Crippen LogP contribution in [0.15, 0.2) is 18.2 Å². The lowest BCUT2D eigenvalue weighted by Gasteiger charge is -2.14. The average molecular weight is 229 g/mol. The number of carbonyl (C=O) groups excluding carboxylic acids is 1. The second-order valence-electron chi connectivity index (χ2n) is 3.26. The summed E-state index contributed by atoms with van der Waals surface area (Å²) in [6.07, 6.45) is 0.739. The molecule has 3 nitrogen and oxygen atoms in total. The van der Waals surface area contributed by atoms with E-state index in [0.29, 0.717) is 6.61 Å². The topological polar surface area (TPSA) is 29.5 Å². The molecule has 5 heteroatoms. The van der Waals surface area contributed by atoms with Crippen molar-refractivity contribution in [1.29, 1.82) is 0 Å². The molecule has 1 rings (SSSR count). The fraction of sp³-hybridized carbons (Fsp3) is 0.364. The molecule has 0 fully saturated rings. The smallest absolute Gasteiger partial charge is 0.252 e. The molecule has 16 heavy (non-hydrogen) atoms. The van der Waals surface area contributed by atoms with Gasteiger partial charge in [0.15, 0.2) is 0 Å². The molecule has 1 aromatic carbocycles. The van der Waals surface area contributed by atoms with Crippen molar-refractivity contribution >= 4 is 11.6 Å². The fourth-order valence-electron chi connectivity index (χ4n) is 1.15. The summed E-state index contributed by atoms with van der Waals surface area (Å²) in [5.41, 5.74) is -0.207. The normalized spacial score (nSPS) is 10.0. The Morgan fingerprint density at radius 1 is 1.50 bits per heavy atom. The van der Waals surface area contributed by atoms with Crippen LogP contribution in [0.1, 0.15) is 20.3 Å². The van der Waals surface area contributed by atoms with Gasteiger partial charge in [0, 0.05) is 13.0 Å². The molecule has 0 atom stereocenters. The zero-order chi connectivity index (χ0) is 12.1.